The molecule has 21 heavy (non-hydrogen) atoms. The Labute approximate surface area is 128 Å². The molecule has 0 saturated heterocycles. The average molecular weight is 300 g/mol. The summed E-state index contributed by atoms with van der Waals surface area (Å²) in [6, 6.07) is 10.6. The second-order valence-corrected chi connectivity index (χ2v) is 12.8. The number of Topliss-reactive ketones (excluding diaryl/α,β-unsaturated/α-hetero) is 1. The first-order chi connectivity index (χ1) is 9.78. The van der Waals surface area contributed by atoms with Crippen molar-refractivity contribution in [2.45, 2.75) is 56.4 Å². The van der Waals surface area contributed by atoms with Crippen LogP contribution in [-0.2, 0) is 5.41 Å². The number of nitrogens with zero attached hydrogens (tertiary/aromatic N) is 1. The standard InChI is InChI=1S/C17H24N2OSi/c1-21(2,3)11-15(20)13-6-8-14(9-7-13)17(12-18)10-4-5-16(17)19/h6-9,16H,4-5,10-11,19H2,1-3H3. The van der Waals surface area contributed by atoms with E-state index in [1.165, 1.54) is 0 Å². The molecule has 0 amide bonds. The lowest BCUT2D eigenvalue weighted by Crippen LogP contribution is -2.39. The van der Waals surface area contributed by atoms with Crippen LogP contribution in [0.15, 0.2) is 24.3 Å². The van der Waals surface area contributed by atoms with Gasteiger partial charge in [0.15, 0.2) is 5.78 Å². The zero-order valence-electron chi connectivity index (χ0n) is 13.1. The van der Waals surface area contributed by atoms with Crippen LogP contribution in [0.1, 0.15) is 35.2 Å². The van der Waals surface area contributed by atoms with Crippen LogP contribution in [0.3, 0.4) is 0 Å². The number of rotatable bonds is 4. The molecule has 0 spiro atoms. The second-order valence-electron chi connectivity index (χ2n) is 7.32. The van der Waals surface area contributed by atoms with Crippen molar-refractivity contribution in [3.05, 3.63) is 35.4 Å². The van der Waals surface area contributed by atoms with Gasteiger partial charge in [0.2, 0.25) is 0 Å². The van der Waals surface area contributed by atoms with Crippen LogP contribution in [-0.4, -0.2) is 19.9 Å². The molecule has 0 aliphatic heterocycles. The van der Waals surface area contributed by atoms with Crippen LogP contribution in [0.25, 0.3) is 0 Å². The maximum atomic E-state index is 12.3. The summed E-state index contributed by atoms with van der Waals surface area (Å²) >= 11 is 0. The van der Waals surface area contributed by atoms with Crippen LogP contribution in [0.2, 0.25) is 25.7 Å². The van der Waals surface area contributed by atoms with E-state index in [1.54, 1.807) is 0 Å². The molecule has 2 unspecified atom stereocenters. The van der Waals surface area contributed by atoms with Gasteiger partial charge in [0.05, 0.1) is 19.6 Å². The van der Waals surface area contributed by atoms with E-state index in [-0.39, 0.29) is 11.8 Å². The van der Waals surface area contributed by atoms with E-state index < -0.39 is 13.5 Å². The lowest BCUT2D eigenvalue weighted by atomic mass is 9.77. The van der Waals surface area contributed by atoms with Crippen molar-refractivity contribution in [1.82, 2.24) is 0 Å². The van der Waals surface area contributed by atoms with Crippen LogP contribution in [0.4, 0.5) is 0 Å². The highest BCUT2D eigenvalue weighted by molar-refractivity contribution is 6.79. The van der Waals surface area contributed by atoms with Crippen molar-refractivity contribution in [3.8, 4) is 6.07 Å². The van der Waals surface area contributed by atoms with Crippen molar-refractivity contribution < 1.29 is 4.79 Å². The minimum Gasteiger partial charge on any atom is -0.326 e. The average Bonchev–Trinajstić information content (AvgIpc) is 2.79. The van der Waals surface area contributed by atoms with Gasteiger partial charge in [-0.3, -0.25) is 4.79 Å². The number of benzene rings is 1. The summed E-state index contributed by atoms with van der Waals surface area (Å²) in [6.07, 6.45) is 2.70. The van der Waals surface area contributed by atoms with Gasteiger partial charge in [-0.1, -0.05) is 43.9 Å². The molecular formula is C17H24N2OSi. The van der Waals surface area contributed by atoms with Gasteiger partial charge < -0.3 is 5.73 Å². The second kappa shape index (κ2) is 5.74. The minimum absolute atomic E-state index is 0.106. The molecule has 0 bridgehead atoms. The predicted octanol–water partition coefficient (Wildman–Crippen LogP) is 3.48. The Hall–Kier alpha value is -1.44. The Kier molecular flexibility index (Phi) is 4.36. The molecule has 1 aliphatic carbocycles. The van der Waals surface area contributed by atoms with Gasteiger partial charge in [-0.25, -0.2) is 0 Å². The summed E-state index contributed by atoms with van der Waals surface area (Å²) in [5, 5.41) is 9.58. The van der Waals surface area contributed by atoms with Crippen LogP contribution in [0.5, 0.6) is 0 Å². The minimum atomic E-state index is -1.40. The number of carbonyl (C=O) groups is 1. The Morgan fingerprint density at radius 3 is 2.43 bits per heavy atom. The molecule has 1 aromatic rings. The molecule has 4 heteroatoms. The van der Waals surface area contributed by atoms with Crippen molar-refractivity contribution in [2.24, 2.45) is 5.73 Å². The van der Waals surface area contributed by atoms with Gasteiger partial charge in [0.1, 0.15) is 0 Å². The van der Waals surface area contributed by atoms with E-state index in [1.807, 2.05) is 24.3 Å². The van der Waals surface area contributed by atoms with Gasteiger partial charge >= 0.3 is 0 Å². The van der Waals surface area contributed by atoms with Gasteiger partial charge in [-0.2, -0.15) is 5.26 Å². The van der Waals surface area contributed by atoms with Gasteiger partial charge in [0.25, 0.3) is 0 Å². The molecule has 0 aromatic heterocycles. The first-order valence-electron chi connectivity index (χ1n) is 7.59. The third kappa shape index (κ3) is 3.25. The maximum Gasteiger partial charge on any atom is 0.160 e. The van der Waals surface area contributed by atoms with E-state index in [2.05, 4.69) is 25.7 Å². The van der Waals surface area contributed by atoms with Crippen molar-refractivity contribution in [3.63, 3.8) is 0 Å². The number of hydrogen-bond donors (Lipinski definition) is 1. The molecule has 1 aromatic carbocycles. The van der Waals surface area contributed by atoms with E-state index in [0.717, 1.165) is 30.4 Å². The summed E-state index contributed by atoms with van der Waals surface area (Å²) in [5.74, 6) is 0.211. The molecule has 2 atom stereocenters. The van der Waals surface area contributed by atoms with Gasteiger partial charge in [-0.05, 0) is 24.8 Å². The molecule has 1 aliphatic rings. The van der Waals surface area contributed by atoms with Crippen molar-refractivity contribution in [1.29, 1.82) is 5.26 Å². The Bertz CT molecular complexity index is 568. The van der Waals surface area contributed by atoms with Crippen LogP contribution < -0.4 is 5.73 Å². The summed E-state index contributed by atoms with van der Waals surface area (Å²) in [4.78, 5) is 12.3. The van der Waals surface area contributed by atoms with Gasteiger partial charge in [-0.15, -0.1) is 0 Å². The number of hydrogen-bond acceptors (Lipinski definition) is 3. The third-order valence-corrected chi connectivity index (χ3v) is 5.71. The first-order valence-corrected chi connectivity index (χ1v) is 11.3. The van der Waals surface area contributed by atoms with Crippen LogP contribution in [0, 0.1) is 11.3 Å². The normalized spacial score (nSPS) is 25.6. The monoisotopic (exact) mass is 300 g/mol. The molecule has 112 valence electrons. The van der Waals surface area contributed by atoms with Crippen LogP contribution >= 0.6 is 0 Å². The number of nitriles is 1. The summed E-state index contributed by atoms with van der Waals surface area (Å²) in [7, 11) is -1.40. The number of nitrogens with two attached hydrogens (primary N) is 1. The van der Waals surface area contributed by atoms with E-state index >= 15 is 0 Å². The molecule has 0 heterocycles. The fourth-order valence-electron chi connectivity index (χ4n) is 3.13. The van der Waals surface area contributed by atoms with E-state index in [4.69, 9.17) is 5.73 Å². The maximum absolute atomic E-state index is 12.3. The smallest absolute Gasteiger partial charge is 0.160 e. The SMILES string of the molecule is C[Si](C)(C)CC(=O)c1ccc(C2(C#N)CCCC2N)cc1. The fourth-order valence-corrected chi connectivity index (χ4v) is 4.30. The lowest BCUT2D eigenvalue weighted by molar-refractivity contribution is 0.101. The topological polar surface area (TPSA) is 66.9 Å². The van der Waals surface area contributed by atoms with E-state index in [0.29, 0.717) is 6.04 Å². The zero-order chi connectivity index (χ0) is 15.7. The number of ketones is 1. The quantitative estimate of drug-likeness (QED) is 0.684. The van der Waals surface area contributed by atoms with Gasteiger partial charge in [0, 0.05) is 17.6 Å². The highest BCUT2D eigenvalue weighted by Gasteiger charge is 2.42. The molecule has 2 rings (SSSR count). The Morgan fingerprint density at radius 2 is 2.00 bits per heavy atom. The summed E-state index contributed by atoms with van der Waals surface area (Å²) in [5.41, 5.74) is 7.29. The molecule has 1 fully saturated rings. The Morgan fingerprint density at radius 1 is 1.38 bits per heavy atom. The highest BCUT2D eigenvalue weighted by Crippen LogP contribution is 2.39. The molecule has 1 saturated carbocycles. The van der Waals surface area contributed by atoms with Crippen molar-refractivity contribution in [2.75, 3.05) is 0 Å². The third-order valence-electron chi connectivity index (χ3n) is 4.33. The van der Waals surface area contributed by atoms with E-state index in [9.17, 15) is 10.1 Å². The highest BCUT2D eigenvalue weighted by atomic mass is 28.3. The fraction of sp³-hybridized carbons (Fsp3) is 0.529. The number of carbonyl (C=O) groups excluding carboxylic acids is 1. The summed E-state index contributed by atoms with van der Waals surface area (Å²) in [6.45, 7) is 6.59. The summed E-state index contributed by atoms with van der Waals surface area (Å²) < 4.78 is 0. The molecular weight excluding hydrogens is 276 g/mol. The molecule has 3 nitrogen and oxygen atoms in total. The predicted molar refractivity (Wildman–Crippen MR) is 88.0 cm³/mol. The largest absolute Gasteiger partial charge is 0.326 e. The Balaban J connectivity index is 2.24. The lowest BCUT2D eigenvalue weighted by Gasteiger charge is -2.26. The zero-order valence-corrected chi connectivity index (χ0v) is 14.1. The molecule has 2 N–H and O–H groups in total. The first kappa shape index (κ1) is 15.9. The molecule has 0 radical (unpaired) electrons. The van der Waals surface area contributed by atoms with Crippen molar-refractivity contribution >= 4 is 13.9 Å².